The summed E-state index contributed by atoms with van der Waals surface area (Å²) in [5.74, 6) is 0.803. The van der Waals surface area contributed by atoms with Crippen molar-refractivity contribution in [3.05, 3.63) is 75.4 Å². The summed E-state index contributed by atoms with van der Waals surface area (Å²) < 4.78 is 47.8. The molecule has 0 saturated carbocycles. The first-order chi connectivity index (χ1) is 30.6. The zero-order valence-corrected chi connectivity index (χ0v) is 37.9. The van der Waals surface area contributed by atoms with Crippen molar-refractivity contribution in [2.75, 3.05) is 46.5 Å². The largest absolute Gasteiger partial charge is 0.514 e. The Hall–Kier alpha value is -5.67. The number of thioether (sulfide) groups is 1. The van der Waals surface area contributed by atoms with Crippen molar-refractivity contribution in [3.8, 4) is 46.3 Å². The number of ether oxygens (including phenoxy) is 8. The van der Waals surface area contributed by atoms with E-state index >= 15 is 4.79 Å². The van der Waals surface area contributed by atoms with Gasteiger partial charge >= 0.3 is 18.1 Å². The smallest absolute Gasteiger partial charge is 0.504 e. The molecule has 2 fully saturated rings. The number of fused-ring (bicyclic) bond motifs is 9. The van der Waals surface area contributed by atoms with Gasteiger partial charge in [0, 0.05) is 60.1 Å². The third kappa shape index (κ3) is 6.71. The van der Waals surface area contributed by atoms with Crippen LogP contribution in [0.2, 0.25) is 0 Å². The fourth-order valence-corrected chi connectivity index (χ4v) is 12.6. The van der Waals surface area contributed by atoms with Crippen LogP contribution >= 0.6 is 11.8 Å². The van der Waals surface area contributed by atoms with Crippen LogP contribution in [0.1, 0.15) is 89.5 Å². The highest BCUT2D eigenvalue weighted by atomic mass is 32.2. The van der Waals surface area contributed by atoms with Crippen LogP contribution in [0.15, 0.2) is 30.9 Å². The molecule has 3 unspecified atom stereocenters. The standard InChI is InChI=1S/C47H52N4O12S/c1-10-13-50-28-15-26-14-22(2)39(57-9)38(53)33(26)36(50)37-43-35-34(42-41(59-21-60-42)23(3)40(35)61-24(4)52)30(51(37)29(28)18-48)19-58-44(54)47(20-64-43)27-17-31(56-8)32(16-25(27)11-12-49-47)62-45(55)63-46(5,6)7/h10,14,16-17,28-30,36-37,43,49,53H,1,11-13,15,19-21H2,2-9H3/t28?,29-,30-,36?,37?,43+,47+/m0/s1. The molecule has 7 atom stereocenters. The Morgan fingerprint density at radius 2 is 1.81 bits per heavy atom. The van der Waals surface area contributed by atoms with Gasteiger partial charge in [-0.3, -0.25) is 19.9 Å². The fraction of sp³-hybridized carbons (Fsp3) is 0.489. The molecule has 0 aliphatic carbocycles. The third-order valence-electron chi connectivity index (χ3n) is 13.2. The number of nitrogens with one attached hydrogen (secondary N) is 1. The van der Waals surface area contributed by atoms with E-state index in [0.717, 1.165) is 16.7 Å². The van der Waals surface area contributed by atoms with E-state index in [1.807, 2.05) is 19.9 Å². The molecule has 7 aliphatic heterocycles. The van der Waals surface area contributed by atoms with E-state index in [0.29, 0.717) is 76.7 Å². The second-order valence-corrected chi connectivity index (χ2v) is 19.1. The van der Waals surface area contributed by atoms with Gasteiger partial charge in [-0.05, 0) is 81.8 Å². The molecule has 3 aromatic rings. The summed E-state index contributed by atoms with van der Waals surface area (Å²) in [5.41, 5.74) is 3.18. The minimum atomic E-state index is -1.47. The van der Waals surface area contributed by atoms with Crippen molar-refractivity contribution in [3.63, 3.8) is 0 Å². The van der Waals surface area contributed by atoms with Crippen molar-refractivity contribution in [2.45, 2.75) is 101 Å². The van der Waals surface area contributed by atoms with E-state index in [1.165, 1.54) is 32.9 Å². The maximum Gasteiger partial charge on any atom is 0.514 e. The number of esters is 2. The Morgan fingerprint density at radius 3 is 2.50 bits per heavy atom. The van der Waals surface area contributed by atoms with Crippen molar-refractivity contribution in [1.82, 2.24) is 15.1 Å². The predicted octanol–water partition coefficient (Wildman–Crippen LogP) is 6.15. The molecule has 0 radical (unpaired) electrons. The van der Waals surface area contributed by atoms with E-state index in [1.54, 1.807) is 39.0 Å². The van der Waals surface area contributed by atoms with Gasteiger partial charge in [0.15, 0.2) is 40.0 Å². The summed E-state index contributed by atoms with van der Waals surface area (Å²) in [5, 5.41) is 26.5. The Bertz CT molecular complexity index is 2530. The van der Waals surface area contributed by atoms with Crippen molar-refractivity contribution in [1.29, 1.82) is 5.26 Å². The molecule has 17 heteroatoms. The summed E-state index contributed by atoms with van der Waals surface area (Å²) in [7, 11) is 2.98. The van der Waals surface area contributed by atoms with Crippen LogP contribution in [0.5, 0.6) is 40.2 Å². The molecule has 338 valence electrons. The van der Waals surface area contributed by atoms with Gasteiger partial charge in [-0.2, -0.15) is 5.26 Å². The summed E-state index contributed by atoms with van der Waals surface area (Å²) in [6, 6.07) is 4.96. The SMILES string of the molecule is C=CCN1C2c3c(cc(C)c(OC)c3O)CC1[C@H](C#N)N1C2[C@@H]2SC[C@]3(NCCc4cc(OC(=O)OC(C)(C)C)c(OC)cc43)C(=O)OC[C@H]1c1c3c(c(C)c(OC(C)=O)c12)OCO3. The van der Waals surface area contributed by atoms with Gasteiger partial charge in [0.05, 0.1) is 37.6 Å². The molecule has 4 bridgehead atoms. The number of nitrogens with zero attached hydrogens (tertiary/aromatic N) is 3. The highest BCUT2D eigenvalue weighted by Crippen LogP contribution is 2.65. The molecular formula is C47H52N4O12S. The van der Waals surface area contributed by atoms with E-state index in [-0.39, 0.29) is 42.4 Å². The van der Waals surface area contributed by atoms with Crippen LogP contribution in [0, 0.1) is 25.2 Å². The number of rotatable bonds is 6. The second-order valence-electron chi connectivity index (χ2n) is 18.0. The number of phenols is 1. The minimum absolute atomic E-state index is 0.00732. The first-order valence-corrected chi connectivity index (χ1v) is 22.4. The lowest BCUT2D eigenvalue weighted by Gasteiger charge is -2.62. The molecule has 3 aromatic carbocycles. The summed E-state index contributed by atoms with van der Waals surface area (Å²) in [6.45, 7) is 14.8. The van der Waals surface area contributed by atoms with Crippen LogP contribution in [0.25, 0.3) is 0 Å². The topological polar surface area (TPSA) is 188 Å². The number of aromatic hydroxyl groups is 1. The van der Waals surface area contributed by atoms with Crippen molar-refractivity contribution < 1.29 is 57.4 Å². The number of methoxy groups -OCH3 is 2. The molecule has 0 aromatic heterocycles. The van der Waals surface area contributed by atoms with E-state index in [4.69, 9.17) is 37.9 Å². The van der Waals surface area contributed by atoms with Crippen LogP contribution in [0.4, 0.5) is 4.79 Å². The third-order valence-corrected chi connectivity index (χ3v) is 14.6. The molecule has 7 aliphatic rings. The van der Waals surface area contributed by atoms with Gasteiger partial charge in [0.1, 0.15) is 24.0 Å². The van der Waals surface area contributed by atoms with Crippen LogP contribution in [0.3, 0.4) is 0 Å². The summed E-state index contributed by atoms with van der Waals surface area (Å²) in [6.07, 6.45) is 1.82. The molecule has 16 nitrogen and oxygen atoms in total. The lowest BCUT2D eigenvalue weighted by atomic mass is 9.71. The minimum Gasteiger partial charge on any atom is -0.504 e. The number of carbonyl (C=O) groups excluding carboxylic acids is 3. The Labute approximate surface area is 375 Å². The molecule has 2 N–H and O–H groups in total. The maximum absolute atomic E-state index is 15.1. The molecule has 10 rings (SSSR count). The Morgan fingerprint density at radius 1 is 1.05 bits per heavy atom. The highest BCUT2D eigenvalue weighted by molar-refractivity contribution is 7.99. The number of carbonyl (C=O) groups is 3. The molecule has 0 amide bonds. The quantitative estimate of drug-likeness (QED) is 0.124. The number of hydrogen-bond acceptors (Lipinski definition) is 17. The fourth-order valence-electron chi connectivity index (χ4n) is 10.9. The van der Waals surface area contributed by atoms with Crippen molar-refractivity contribution in [2.24, 2.45) is 0 Å². The predicted molar refractivity (Wildman–Crippen MR) is 232 cm³/mol. The number of aryl methyl sites for hydroxylation is 1. The number of piperazine rings is 1. The number of phenolic OH excluding ortho intramolecular Hbond substituents is 1. The number of benzene rings is 3. The van der Waals surface area contributed by atoms with E-state index in [9.17, 15) is 20.0 Å². The normalized spacial score (nSPS) is 26.6. The van der Waals surface area contributed by atoms with Gasteiger partial charge < -0.3 is 43.0 Å². The van der Waals surface area contributed by atoms with Crippen LogP contribution in [-0.4, -0.2) is 103 Å². The lowest BCUT2D eigenvalue weighted by Crippen LogP contribution is -2.70. The lowest BCUT2D eigenvalue weighted by molar-refractivity contribution is -0.157. The maximum atomic E-state index is 15.1. The zero-order valence-electron chi connectivity index (χ0n) is 37.1. The zero-order chi connectivity index (χ0) is 45.6. The van der Waals surface area contributed by atoms with Gasteiger partial charge in [-0.1, -0.05) is 12.1 Å². The van der Waals surface area contributed by atoms with Gasteiger partial charge in [0.2, 0.25) is 6.79 Å². The van der Waals surface area contributed by atoms with Crippen molar-refractivity contribution >= 4 is 29.9 Å². The first kappa shape index (κ1) is 43.6. The molecule has 2 saturated heterocycles. The molecule has 7 heterocycles. The van der Waals surface area contributed by atoms with Gasteiger partial charge in [-0.25, -0.2) is 9.59 Å². The Kier molecular flexibility index (Phi) is 11.0. The molecular weight excluding hydrogens is 845 g/mol. The van der Waals surface area contributed by atoms with E-state index < -0.39 is 58.7 Å². The molecule has 1 spiro atoms. The number of hydrogen-bond donors (Lipinski definition) is 2. The highest BCUT2D eigenvalue weighted by Gasteiger charge is 2.62. The van der Waals surface area contributed by atoms with Crippen LogP contribution < -0.4 is 33.7 Å². The second kappa shape index (κ2) is 16.1. The van der Waals surface area contributed by atoms with Gasteiger partial charge in [-0.15, -0.1) is 18.3 Å². The summed E-state index contributed by atoms with van der Waals surface area (Å²) in [4.78, 5) is 45.5. The first-order valence-electron chi connectivity index (χ1n) is 21.3. The van der Waals surface area contributed by atoms with E-state index in [2.05, 4.69) is 27.8 Å². The average molecular weight is 897 g/mol. The average Bonchev–Trinajstić information content (AvgIpc) is 3.73. The Balaban J connectivity index is 1.28. The number of nitriles is 1. The molecule has 64 heavy (non-hydrogen) atoms. The monoisotopic (exact) mass is 896 g/mol. The van der Waals surface area contributed by atoms with Gasteiger partial charge in [0.25, 0.3) is 0 Å². The van der Waals surface area contributed by atoms with Crippen LogP contribution in [-0.2, 0) is 37.4 Å². The summed E-state index contributed by atoms with van der Waals surface area (Å²) >= 11 is 1.45.